The molecule has 0 aliphatic heterocycles. The minimum atomic E-state index is -0.777. The maximum atomic E-state index is 12.1. The number of furan rings is 1. The van der Waals surface area contributed by atoms with Gasteiger partial charge in [-0.2, -0.15) is 0 Å². The first-order valence-electron chi connectivity index (χ1n) is 7.64. The summed E-state index contributed by atoms with van der Waals surface area (Å²) in [5.41, 5.74) is 0. The van der Waals surface area contributed by atoms with Gasteiger partial charge in [-0.1, -0.05) is 6.92 Å². The number of methoxy groups -OCH3 is 1. The molecule has 2 amide bonds. The fourth-order valence-corrected chi connectivity index (χ4v) is 2.24. The zero-order valence-electron chi connectivity index (χ0n) is 13.9. The van der Waals surface area contributed by atoms with Gasteiger partial charge in [0.25, 0.3) is 17.7 Å². The molecular formula is C15H21N4O5+. The first-order chi connectivity index (χ1) is 11.5. The minimum absolute atomic E-state index is 0.289. The SMILES string of the molecule is CCC[NH+](Cc1nnc(-c2ccco2)o1)[C@H](C)C(=O)NC(=O)OC. The summed E-state index contributed by atoms with van der Waals surface area (Å²) in [6, 6.07) is 2.97. The number of nitrogens with zero attached hydrogens (tertiary/aromatic N) is 2. The molecule has 24 heavy (non-hydrogen) atoms. The van der Waals surface area contributed by atoms with Crippen molar-refractivity contribution in [3.8, 4) is 11.7 Å². The lowest BCUT2D eigenvalue weighted by Gasteiger charge is -2.23. The number of amides is 2. The molecule has 2 rings (SSSR count). The third-order valence-corrected chi connectivity index (χ3v) is 3.56. The van der Waals surface area contributed by atoms with E-state index in [4.69, 9.17) is 8.83 Å². The Bertz CT molecular complexity index is 667. The fraction of sp³-hybridized carbons (Fsp3) is 0.467. The summed E-state index contributed by atoms with van der Waals surface area (Å²) in [5.74, 6) is 0.749. The molecule has 2 atom stereocenters. The molecule has 2 N–H and O–H groups in total. The Morgan fingerprint density at radius 2 is 2.21 bits per heavy atom. The second-order valence-electron chi connectivity index (χ2n) is 5.27. The van der Waals surface area contributed by atoms with E-state index in [1.54, 1.807) is 19.1 Å². The molecule has 0 saturated carbocycles. The summed E-state index contributed by atoms with van der Waals surface area (Å²) in [5, 5.41) is 10.1. The fourth-order valence-electron chi connectivity index (χ4n) is 2.24. The topological polar surface area (TPSA) is 112 Å². The Balaban J connectivity index is 2.05. The summed E-state index contributed by atoms with van der Waals surface area (Å²) in [6.07, 6.45) is 1.60. The summed E-state index contributed by atoms with van der Waals surface area (Å²) in [7, 11) is 1.21. The van der Waals surface area contributed by atoms with E-state index in [0.29, 0.717) is 24.7 Å². The highest BCUT2D eigenvalue weighted by molar-refractivity contribution is 5.93. The van der Waals surface area contributed by atoms with Gasteiger partial charge in [0.1, 0.15) is 0 Å². The molecule has 9 heteroatoms. The van der Waals surface area contributed by atoms with Crippen LogP contribution in [0.5, 0.6) is 0 Å². The van der Waals surface area contributed by atoms with E-state index in [0.717, 1.165) is 11.3 Å². The standard InChI is InChI=1S/C15H20N4O5/c1-4-7-19(10(2)13(20)16-15(21)22-3)9-12-17-18-14(24-12)11-6-5-8-23-11/h5-6,8,10H,4,7,9H2,1-3H3,(H,16,20,21)/p+1/t10-/m1/s1. The third kappa shape index (κ3) is 4.42. The van der Waals surface area contributed by atoms with E-state index in [1.807, 2.05) is 6.92 Å². The van der Waals surface area contributed by atoms with E-state index in [-0.39, 0.29) is 5.89 Å². The van der Waals surface area contributed by atoms with Crippen LogP contribution < -0.4 is 10.2 Å². The second kappa shape index (κ2) is 8.25. The lowest BCUT2D eigenvalue weighted by Crippen LogP contribution is -3.15. The van der Waals surface area contributed by atoms with Crippen molar-refractivity contribution in [2.24, 2.45) is 0 Å². The van der Waals surface area contributed by atoms with Gasteiger partial charge in [-0.15, -0.1) is 10.2 Å². The number of rotatable bonds is 7. The monoisotopic (exact) mass is 337 g/mol. The van der Waals surface area contributed by atoms with Crippen molar-refractivity contribution in [1.82, 2.24) is 15.5 Å². The number of hydrogen-bond donors (Lipinski definition) is 2. The predicted molar refractivity (Wildman–Crippen MR) is 81.8 cm³/mol. The van der Waals surface area contributed by atoms with Crippen molar-refractivity contribution in [2.45, 2.75) is 32.9 Å². The van der Waals surface area contributed by atoms with Crippen molar-refractivity contribution >= 4 is 12.0 Å². The van der Waals surface area contributed by atoms with Crippen molar-refractivity contribution in [1.29, 1.82) is 0 Å². The smallest absolute Gasteiger partial charge is 0.413 e. The highest BCUT2D eigenvalue weighted by Crippen LogP contribution is 2.17. The zero-order valence-corrected chi connectivity index (χ0v) is 13.9. The van der Waals surface area contributed by atoms with Gasteiger partial charge in [0, 0.05) is 0 Å². The third-order valence-electron chi connectivity index (χ3n) is 3.56. The van der Waals surface area contributed by atoms with Crippen molar-refractivity contribution in [2.75, 3.05) is 13.7 Å². The van der Waals surface area contributed by atoms with Crippen molar-refractivity contribution < 1.29 is 28.1 Å². The summed E-state index contributed by atoms with van der Waals surface area (Å²) >= 11 is 0. The van der Waals surface area contributed by atoms with Crippen molar-refractivity contribution in [3.05, 3.63) is 24.3 Å². The number of quaternary nitrogens is 1. The molecule has 0 spiro atoms. The maximum absolute atomic E-state index is 12.1. The Hall–Kier alpha value is -2.68. The van der Waals surface area contributed by atoms with Crippen molar-refractivity contribution in [3.63, 3.8) is 0 Å². The van der Waals surface area contributed by atoms with Gasteiger partial charge in [-0.25, -0.2) is 4.79 Å². The number of ether oxygens (including phenoxy) is 1. The average molecular weight is 337 g/mol. The molecule has 1 unspecified atom stereocenters. The van der Waals surface area contributed by atoms with Crippen LogP contribution in [0.3, 0.4) is 0 Å². The van der Waals surface area contributed by atoms with Gasteiger partial charge >= 0.3 is 6.09 Å². The molecule has 0 radical (unpaired) electrons. The normalized spacial score (nSPS) is 13.3. The molecule has 130 valence electrons. The number of carbonyl (C=O) groups is 2. The Labute approximate surface area is 139 Å². The van der Waals surface area contributed by atoms with E-state index in [9.17, 15) is 9.59 Å². The Kier molecular flexibility index (Phi) is 6.07. The van der Waals surface area contributed by atoms with Gasteiger partial charge < -0.3 is 18.5 Å². The molecule has 0 aromatic carbocycles. The highest BCUT2D eigenvalue weighted by atomic mass is 16.5. The lowest BCUT2D eigenvalue weighted by atomic mass is 10.2. The number of imide groups is 1. The van der Waals surface area contributed by atoms with Gasteiger partial charge in [0.2, 0.25) is 0 Å². The number of alkyl carbamates (subject to hydrolysis) is 1. The van der Waals surface area contributed by atoms with Crippen LogP contribution in [0, 0.1) is 0 Å². The van der Waals surface area contributed by atoms with Crippen LogP contribution in [0.15, 0.2) is 27.2 Å². The highest BCUT2D eigenvalue weighted by Gasteiger charge is 2.28. The molecule has 0 aliphatic rings. The molecule has 0 aliphatic carbocycles. The number of carbonyl (C=O) groups excluding carboxylic acids is 2. The lowest BCUT2D eigenvalue weighted by molar-refractivity contribution is -0.929. The summed E-state index contributed by atoms with van der Waals surface area (Å²) in [6.45, 7) is 4.80. The van der Waals surface area contributed by atoms with Crippen LogP contribution in [0.4, 0.5) is 4.79 Å². The summed E-state index contributed by atoms with van der Waals surface area (Å²) in [4.78, 5) is 24.2. The zero-order chi connectivity index (χ0) is 17.5. The molecule has 0 saturated heterocycles. The van der Waals surface area contributed by atoms with Crippen LogP contribution in [0.25, 0.3) is 11.7 Å². The molecule has 2 heterocycles. The van der Waals surface area contributed by atoms with E-state index >= 15 is 0 Å². The number of hydrogen-bond acceptors (Lipinski definition) is 7. The van der Waals surface area contributed by atoms with Crippen LogP contribution in [0.2, 0.25) is 0 Å². The van der Waals surface area contributed by atoms with Gasteiger partial charge in [0.15, 0.2) is 18.3 Å². The second-order valence-corrected chi connectivity index (χ2v) is 5.27. The van der Waals surface area contributed by atoms with Gasteiger partial charge in [0.05, 0.1) is 19.9 Å². The largest absolute Gasteiger partial charge is 0.459 e. The molecule has 0 bridgehead atoms. The minimum Gasteiger partial charge on any atom is -0.459 e. The number of aromatic nitrogens is 2. The van der Waals surface area contributed by atoms with Gasteiger partial charge in [-0.05, 0) is 25.5 Å². The number of nitrogens with one attached hydrogen (secondary N) is 2. The predicted octanol–water partition coefficient (Wildman–Crippen LogP) is 0.396. The van der Waals surface area contributed by atoms with E-state index in [2.05, 4.69) is 20.3 Å². The first kappa shape index (κ1) is 17.7. The molecule has 9 nitrogen and oxygen atoms in total. The van der Waals surface area contributed by atoms with Crippen LogP contribution in [-0.4, -0.2) is 41.9 Å². The average Bonchev–Trinajstić information content (AvgIpc) is 3.24. The van der Waals surface area contributed by atoms with Crippen LogP contribution in [0.1, 0.15) is 26.2 Å². The Morgan fingerprint density at radius 1 is 1.42 bits per heavy atom. The summed E-state index contributed by atoms with van der Waals surface area (Å²) < 4.78 is 15.2. The first-order valence-corrected chi connectivity index (χ1v) is 7.64. The molecule has 2 aromatic heterocycles. The van der Waals surface area contributed by atoms with E-state index < -0.39 is 18.0 Å². The maximum Gasteiger partial charge on any atom is 0.413 e. The quantitative estimate of drug-likeness (QED) is 0.752. The molecule has 0 fully saturated rings. The van der Waals surface area contributed by atoms with Crippen LogP contribution in [-0.2, 0) is 16.1 Å². The van der Waals surface area contributed by atoms with Crippen LogP contribution >= 0.6 is 0 Å². The Morgan fingerprint density at radius 3 is 2.83 bits per heavy atom. The van der Waals surface area contributed by atoms with E-state index in [1.165, 1.54) is 13.4 Å². The molecular weight excluding hydrogens is 316 g/mol. The molecule has 2 aromatic rings. The van der Waals surface area contributed by atoms with Gasteiger partial charge in [-0.3, -0.25) is 10.1 Å².